The van der Waals surface area contributed by atoms with Crippen molar-refractivity contribution < 1.29 is 19.1 Å². The van der Waals surface area contributed by atoms with Gasteiger partial charge in [0.25, 0.3) is 0 Å². The van der Waals surface area contributed by atoms with Crippen LogP contribution in [0.15, 0.2) is 24.3 Å². The number of hydrogen-bond donors (Lipinski definition) is 2. The topological polar surface area (TPSA) is 66.4 Å². The maximum atomic E-state index is 13.0. The first-order valence-corrected chi connectivity index (χ1v) is 6.50. The van der Waals surface area contributed by atoms with Crippen LogP contribution in [0.25, 0.3) is 0 Å². The number of amides is 1. The Hall–Kier alpha value is -1.56. The number of carboxylic acids is 1. The van der Waals surface area contributed by atoms with Crippen LogP contribution >= 0.6 is 11.8 Å². The minimum atomic E-state index is -1.03. The summed E-state index contributed by atoms with van der Waals surface area (Å²) in [5.74, 6) is -1.33. The van der Waals surface area contributed by atoms with Crippen LogP contribution in [0.2, 0.25) is 0 Å². The molecule has 1 aliphatic heterocycles. The van der Waals surface area contributed by atoms with Gasteiger partial charge >= 0.3 is 5.97 Å². The van der Waals surface area contributed by atoms with Gasteiger partial charge in [0.05, 0.1) is 5.25 Å². The Morgan fingerprint density at radius 3 is 2.94 bits per heavy atom. The van der Waals surface area contributed by atoms with Crippen molar-refractivity contribution in [2.75, 3.05) is 5.75 Å². The number of aliphatic carboxylic acids is 1. The number of halogens is 1. The van der Waals surface area contributed by atoms with Crippen molar-refractivity contribution >= 4 is 23.6 Å². The maximum Gasteiger partial charge on any atom is 0.327 e. The number of carbonyl (C=O) groups excluding carboxylic acids is 1. The average molecular weight is 269 g/mol. The van der Waals surface area contributed by atoms with Crippen molar-refractivity contribution in [3.63, 3.8) is 0 Å². The predicted molar refractivity (Wildman–Crippen MR) is 65.9 cm³/mol. The van der Waals surface area contributed by atoms with Crippen molar-refractivity contribution in [1.29, 1.82) is 0 Å². The van der Waals surface area contributed by atoms with E-state index in [0.29, 0.717) is 12.2 Å². The van der Waals surface area contributed by atoms with E-state index in [1.807, 2.05) is 0 Å². The lowest BCUT2D eigenvalue weighted by Crippen LogP contribution is -2.51. The maximum absolute atomic E-state index is 13.0. The van der Waals surface area contributed by atoms with E-state index >= 15 is 0 Å². The molecule has 1 saturated heterocycles. The van der Waals surface area contributed by atoms with Crippen molar-refractivity contribution in [1.82, 2.24) is 5.32 Å². The lowest BCUT2D eigenvalue weighted by atomic mass is 10.1. The van der Waals surface area contributed by atoms with E-state index < -0.39 is 12.0 Å². The Kier molecular flexibility index (Phi) is 3.86. The highest BCUT2D eigenvalue weighted by atomic mass is 32.2. The molecule has 0 bridgehead atoms. The molecule has 96 valence electrons. The lowest BCUT2D eigenvalue weighted by Gasteiger charge is -2.26. The van der Waals surface area contributed by atoms with Crippen LogP contribution in [0, 0.1) is 5.82 Å². The highest BCUT2D eigenvalue weighted by molar-refractivity contribution is 8.00. The zero-order chi connectivity index (χ0) is 13.1. The number of hydrogen-bond acceptors (Lipinski definition) is 3. The molecule has 0 radical (unpaired) electrons. The molecule has 0 saturated carbocycles. The fraction of sp³-hybridized carbons (Fsp3) is 0.333. The molecule has 1 heterocycles. The Morgan fingerprint density at radius 1 is 1.56 bits per heavy atom. The first kappa shape index (κ1) is 12.9. The normalized spacial score (nSPS) is 23.5. The van der Waals surface area contributed by atoms with Crippen molar-refractivity contribution in [3.05, 3.63) is 35.6 Å². The molecule has 1 aromatic carbocycles. The summed E-state index contributed by atoms with van der Waals surface area (Å²) in [5, 5.41) is 10.9. The number of benzene rings is 1. The average Bonchev–Trinajstić information content (AvgIpc) is 2.31. The van der Waals surface area contributed by atoms with Gasteiger partial charge in [-0.05, 0) is 24.1 Å². The standard InChI is InChI=1S/C12H12FNO3S/c13-8-3-1-2-7(4-8)5-10-11(15)14-9(6-18-10)12(16)17/h1-4,9-10H,5-6H2,(H,14,15)(H,16,17)/t9-,10-/m0/s1. The molecular weight excluding hydrogens is 257 g/mol. The molecular formula is C12H12FNO3S. The van der Waals surface area contributed by atoms with Gasteiger partial charge in [-0.25, -0.2) is 9.18 Å². The van der Waals surface area contributed by atoms with Gasteiger partial charge in [0.1, 0.15) is 11.9 Å². The number of carbonyl (C=O) groups is 2. The molecule has 2 N–H and O–H groups in total. The van der Waals surface area contributed by atoms with Crippen LogP contribution < -0.4 is 5.32 Å². The number of carboxylic acid groups (broad SMARTS) is 1. The molecule has 1 fully saturated rings. The van der Waals surface area contributed by atoms with Gasteiger partial charge in [-0.15, -0.1) is 11.8 Å². The summed E-state index contributed by atoms with van der Waals surface area (Å²) in [7, 11) is 0. The molecule has 18 heavy (non-hydrogen) atoms. The fourth-order valence-electron chi connectivity index (χ4n) is 1.76. The monoisotopic (exact) mass is 269 g/mol. The summed E-state index contributed by atoms with van der Waals surface area (Å²) >= 11 is 1.29. The van der Waals surface area contributed by atoms with Crippen LogP contribution in [0.5, 0.6) is 0 Å². The summed E-state index contributed by atoms with van der Waals surface area (Å²) in [5.41, 5.74) is 0.733. The summed E-state index contributed by atoms with van der Waals surface area (Å²) in [4.78, 5) is 22.4. The van der Waals surface area contributed by atoms with E-state index in [1.54, 1.807) is 12.1 Å². The van der Waals surface area contributed by atoms with Crippen LogP contribution in [-0.2, 0) is 16.0 Å². The van der Waals surface area contributed by atoms with Gasteiger partial charge in [0, 0.05) is 5.75 Å². The van der Waals surface area contributed by atoms with E-state index in [2.05, 4.69) is 5.32 Å². The highest BCUT2D eigenvalue weighted by Crippen LogP contribution is 2.22. The molecule has 0 unspecified atom stereocenters. The number of rotatable bonds is 3. The minimum Gasteiger partial charge on any atom is -0.480 e. The third-order valence-electron chi connectivity index (χ3n) is 2.68. The summed E-state index contributed by atoms with van der Waals surface area (Å²) in [6.45, 7) is 0. The lowest BCUT2D eigenvalue weighted by molar-refractivity contribution is -0.141. The third kappa shape index (κ3) is 3.01. The largest absolute Gasteiger partial charge is 0.480 e. The van der Waals surface area contributed by atoms with Crippen molar-refractivity contribution in [3.8, 4) is 0 Å². The first-order chi connectivity index (χ1) is 8.56. The van der Waals surface area contributed by atoms with Crippen LogP contribution in [0.4, 0.5) is 4.39 Å². The fourth-order valence-corrected chi connectivity index (χ4v) is 2.94. The molecule has 1 amide bonds. The Morgan fingerprint density at radius 2 is 2.33 bits per heavy atom. The zero-order valence-electron chi connectivity index (χ0n) is 9.43. The molecule has 0 aliphatic carbocycles. The summed E-state index contributed by atoms with van der Waals surface area (Å²) < 4.78 is 13.0. The second-order valence-corrected chi connectivity index (χ2v) is 5.29. The number of thioether (sulfide) groups is 1. The van der Waals surface area contributed by atoms with Gasteiger partial charge in [0.2, 0.25) is 5.91 Å². The predicted octanol–water partition coefficient (Wildman–Crippen LogP) is 1.05. The molecule has 2 rings (SSSR count). The molecule has 0 aromatic heterocycles. The van der Waals surface area contributed by atoms with Gasteiger partial charge in [-0.1, -0.05) is 12.1 Å². The SMILES string of the molecule is O=C(O)[C@@H]1CS[C@@H](Cc2cccc(F)c2)C(=O)N1. The quantitative estimate of drug-likeness (QED) is 0.861. The highest BCUT2D eigenvalue weighted by Gasteiger charge is 2.32. The van der Waals surface area contributed by atoms with Gasteiger partial charge in [-0.2, -0.15) is 0 Å². The molecule has 2 atom stereocenters. The Labute approximate surface area is 108 Å². The number of nitrogens with one attached hydrogen (secondary N) is 1. The molecule has 1 aromatic rings. The van der Waals surface area contributed by atoms with Crippen LogP contribution in [-0.4, -0.2) is 34.0 Å². The van der Waals surface area contributed by atoms with E-state index in [-0.39, 0.29) is 17.0 Å². The van der Waals surface area contributed by atoms with E-state index in [4.69, 9.17) is 5.11 Å². The van der Waals surface area contributed by atoms with Crippen molar-refractivity contribution in [2.24, 2.45) is 0 Å². The Balaban J connectivity index is 1.99. The second kappa shape index (κ2) is 5.39. The van der Waals surface area contributed by atoms with Gasteiger partial charge in [0.15, 0.2) is 0 Å². The zero-order valence-corrected chi connectivity index (χ0v) is 10.2. The molecule has 4 nitrogen and oxygen atoms in total. The summed E-state index contributed by atoms with van der Waals surface area (Å²) in [6.07, 6.45) is 0.403. The van der Waals surface area contributed by atoms with Gasteiger partial charge < -0.3 is 10.4 Å². The van der Waals surface area contributed by atoms with E-state index in [1.165, 1.54) is 23.9 Å². The smallest absolute Gasteiger partial charge is 0.327 e. The molecule has 0 spiro atoms. The van der Waals surface area contributed by atoms with Gasteiger partial charge in [-0.3, -0.25) is 4.79 Å². The minimum absolute atomic E-state index is 0.303. The first-order valence-electron chi connectivity index (χ1n) is 5.45. The second-order valence-electron chi connectivity index (χ2n) is 4.06. The van der Waals surface area contributed by atoms with E-state index in [9.17, 15) is 14.0 Å². The third-order valence-corrected chi connectivity index (χ3v) is 3.99. The summed E-state index contributed by atoms with van der Waals surface area (Å²) in [6, 6.07) is 5.25. The van der Waals surface area contributed by atoms with Crippen LogP contribution in [0.3, 0.4) is 0 Å². The van der Waals surface area contributed by atoms with E-state index in [0.717, 1.165) is 5.56 Å². The van der Waals surface area contributed by atoms with Crippen molar-refractivity contribution in [2.45, 2.75) is 17.7 Å². The molecule has 6 heteroatoms. The van der Waals surface area contributed by atoms with Crippen LogP contribution in [0.1, 0.15) is 5.56 Å². The molecule has 1 aliphatic rings. The Bertz CT molecular complexity index is 480.